The molecule has 0 amide bonds. The van der Waals surface area contributed by atoms with E-state index >= 15 is 0 Å². The predicted molar refractivity (Wildman–Crippen MR) is 198 cm³/mol. The SMILES string of the molecule is [2H]c1c([2H])c([2H])c(-c2cc(-c3c4ccccc4c(-c4cccc(-c5cccc6ccccc56)c4)c4ccccc34)c3ccccc3c2)c([2H])c1[2H]. The van der Waals surface area contributed by atoms with Crippen molar-refractivity contribution in [3.8, 4) is 44.5 Å². The molecule has 0 saturated carbocycles. The first-order chi connectivity index (χ1) is 24.9. The van der Waals surface area contributed by atoms with E-state index < -0.39 is 6.04 Å². The molecule has 0 fully saturated rings. The molecular weight excluding hydrogens is 553 g/mol. The van der Waals surface area contributed by atoms with Crippen molar-refractivity contribution < 1.29 is 6.85 Å². The van der Waals surface area contributed by atoms with Crippen LogP contribution in [0, 0.1) is 0 Å². The standard InChI is InChI=1S/C46H30/c1-2-14-31(15-3-1)36-29-33-17-5-7-22-39(33)44(30-36)46-42-25-10-8-23-40(42)45(41-24-9-11-26-43(41)46)35-20-12-19-34(28-35)38-27-13-18-32-16-4-6-21-37(32)38/h1-30H/i1D,2D,3D,14D,15D. The number of hydrogen-bond donors (Lipinski definition) is 0. The molecule has 9 aromatic rings. The van der Waals surface area contributed by atoms with E-state index in [1.807, 2.05) is 30.3 Å². The van der Waals surface area contributed by atoms with Gasteiger partial charge in [-0.25, -0.2) is 0 Å². The topological polar surface area (TPSA) is 0 Å². The summed E-state index contributed by atoms with van der Waals surface area (Å²) in [5.74, 6) is 0. The highest BCUT2D eigenvalue weighted by Gasteiger charge is 2.19. The number of rotatable bonds is 4. The summed E-state index contributed by atoms with van der Waals surface area (Å²) < 4.78 is 42.5. The maximum absolute atomic E-state index is 8.79. The Kier molecular flexibility index (Phi) is 5.12. The van der Waals surface area contributed by atoms with Gasteiger partial charge < -0.3 is 0 Å². The van der Waals surface area contributed by atoms with E-state index in [0.717, 1.165) is 60.1 Å². The average molecular weight is 588 g/mol. The summed E-state index contributed by atoms with van der Waals surface area (Å²) in [4.78, 5) is 0. The van der Waals surface area contributed by atoms with Gasteiger partial charge in [0.25, 0.3) is 0 Å². The Bertz CT molecular complexity index is 2780. The quantitative estimate of drug-likeness (QED) is 0.180. The van der Waals surface area contributed by atoms with Crippen molar-refractivity contribution in [3.05, 3.63) is 182 Å². The maximum Gasteiger partial charge on any atom is 0.0629 e. The minimum Gasteiger partial charge on any atom is -0.0622 e. The maximum atomic E-state index is 8.79. The molecule has 0 unspecified atom stereocenters. The third-order valence-electron chi connectivity index (χ3n) is 9.10. The van der Waals surface area contributed by atoms with Gasteiger partial charge in [0.2, 0.25) is 0 Å². The molecule has 0 nitrogen and oxygen atoms in total. The number of hydrogen-bond acceptors (Lipinski definition) is 0. The Labute approximate surface area is 275 Å². The van der Waals surface area contributed by atoms with Crippen molar-refractivity contribution in [1.29, 1.82) is 0 Å². The first-order valence-corrected chi connectivity index (χ1v) is 15.5. The predicted octanol–water partition coefficient (Wildman–Crippen LogP) is 13.0. The second-order valence-electron chi connectivity index (χ2n) is 11.7. The smallest absolute Gasteiger partial charge is 0.0622 e. The van der Waals surface area contributed by atoms with Crippen LogP contribution >= 0.6 is 0 Å². The van der Waals surface area contributed by atoms with E-state index in [-0.39, 0.29) is 29.7 Å². The third-order valence-corrected chi connectivity index (χ3v) is 9.10. The molecule has 0 spiro atoms. The molecule has 9 aromatic carbocycles. The summed E-state index contributed by atoms with van der Waals surface area (Å²) in [5.41, 5.74) is 7.38. The minimum atomic E-state index is -0.396. The monoisotopic (exact) mass is 587 g/mol. The van der Waals surface area contributed by atoms with E-state index in [2.05, 4.69) is 121 Å². The van der Waals surface area contributed by atoms with E-state index in [1.54, 1.807) is 0 Å². The molecule has 0 heteroatoms. The van der Waals surface area contributed by atoms with E-state index in [4.69, 9.17) is 6.85 Å². The molecule has 0 aliphatic rings. The molecule has 0 atom stereocenters. The van der Waals surface area contributed by atoms with Crippen LogP contribution < -0.4 is 0 Å². The molecule has 0 aromatic heterocycles. The molecule has 0 radical (unpaired) electrons. The zero-order chi connectivity index (χ0) is 34.8. The fourth-order valence-corrected chi connectivity index (χ4v) is 7.11. The van der Waals surface area contributed by atoms with Gasteiger partial charge in [0.15, 0.2) is 0 Å². The lowest BCUT2D eigenvalue weighted by Crippen LogP contribution is -1.93. The minimum absolute atomic E-state index is 0.198. The van der Waals surface area contributed by atoms with Gasteiger partial charge in [-0.05, 0) is 106 Å². The van der Waals surface area contributed by atoms with Gasteiger partial charge in [-0.2, -0.15) is 0 Å². The highest BCUT2D eigenvalue weighted by atomic mass is 14.2. The van der Waals surface area contributed by atoms with Crippen LogP contribution in [0.25, 0.3) is 87.6 Å². The highest BCUT2D eigenvalue weighted by Crippen LogP contribution is 2.46. The van der Waals surface area contributed by atoms with Gasteiger partial charge in [-0.1, -0.05) is 164 Å². The summed E-state index contributed by atoms with van der Waals surface area (Å²) in [6.45, 7) is 0. The summed E-state index contributed by atoms with van der Waals surface area (Å²) in [5, 5.41) is 8.74. The molecular formula is C46H30. The van der Waals surface area contributed by atoms with Gasteiger partial charge in [0.05, 0.1) is 6.85 Å². The summed E-state index contributed by atoms with van der Waals surface area (Å²) in [6, 6.07) is 51.3. The summed E-state index contributed by atoms with van der Waals surface area (Å²) in [6.07, 6.45) is 0. The largest absolute Gasteiger partial charge is 0.0629 e. The van der Waals surface area contributed by atoms with Gasteiger partial charge in [-0.15, -0.1) is 0 Å². The fourth-order valence-electron chi connectivity index (χ4n) is 7.11. The molecule has 0 N–H and O–H groups in total. The van der Waals surface area contributed by atoms with E-state index in [0.29, 0.717) is 5.56 Å². The first-order valence-electron chi connectivity index (χ1n) is 18.0. The zero-order valence-corrected chi connectivity index (χ0v) is 24.9. The van der Waals surface area contributed by atoms with Crippen LogP contribution in [-0.2, 0) is 0 Å². The van der Waals surface area contributed by atoms with Gasteiger partial charge in [-0.3, -0.25) is 0 Å². The molecule has 0 bridgehead atoms. The normalized spacial score (nSPS) is 13.0. The van der Waals surface area contributed by atoms with Gasteiger partial charge >= 0.3 is 0 Å². The van der Waals surface area contributed by atoms with E-state index in [1.165, 1.54) is 16.3 Å². The Morgan fingerprint density at radius 2 is 0.826 bits per heavy atom. The molecule has 0 heterocycles. The Hall–Kier alpha value is -5.98. The number of benzene rings is 9. The van der Waals surface area contributed by atoms with Crippen molar-refractivity contribution >= 4 is 43.1 Å². The lowest BCUT2D eigenvalue weighted by atomic mass is 9.83. The van der Waals surface area contributed by atoms with Crippen LogP contribution in [-0.4, -0.2) is 0 Å². The Morgan fingerprint density at radius 1 is 0.304 bits per heavy atom. The second-order valence-corrected chi connectivity index (χ2v) is 11.7. The molecule has 9 rings (SSSR count). The van der Waals surface area contributed by atoms with E-state index in [9.17, 15) is 0 Å². The molecule has 0 saturated heterocycles. The molecule has 214 valence electrons. The van der Waals surface area contributed by atoms with Crippen LogP contribution in [0.3, 0.4) is 0 Å². The lowest BCUT2D eigenvalue weighted by Gasteiger charge is -2.20. The van der Waals surface area contributed by atoms with Crippen LogP contribution in [0.1, 0.15) is 6.85 Å². The van der Waals surface area contributed by atoms with Crippen LogP contribution in [0.5, 0.6) is 0 Å². The van der Waals surface area contributed by atoms with Gasteiger partial charge in [0, 0.05) is 0 Å². The second kappa shape index (κ2) is 10.9. The third kappa shape index (κ3) is 4.30. The molecule has 0 aliphatic heterocycles. The van der Waals surface area contributed by atoms with Crippen LogP contribution in [0.4, 0.5) is 0 Å². The van der Waals surface area contributed by atoms with Crippen molar-refractivity contribution in [3.63, 3.8) is 0 Å². The van der Waals surface area contributed by atoms with Crippen LogP contribution in [0.2, 0.25) is 0 Å². The molecule has 0 aliphatic carbocycles. The van der Waals surface area contributed by atoms with Gasteiger partial charge in [0.1, 0.15) is 0 Å². The summed E-state index contributed by atoms with van der Waals surface area (Å²) >= 11 is 0. The lowest BCUT2D eigenvalue weighted by molar-refractivity contribution is 1.63. The summed E-state index contributed by atoms with van der Waals surface area (Å²) in [7, 11) is 0. The Morgan fingerprint density at radius 3 is 1.52 bits per heavy atom. The van der Waals surface area contributed by atoms with Crippen molar-refractivity contribution in [1.82, 2.24) is 0 Å². The van der Waals surface area contributed by atoms with Crippen molar-refractivity contribution in [2.45, 2.75) is 0 Å². The Balaban J connectivity index is 1.35. The highest BCUT2D eigenvalue weighted by molar-refractivity contribution is 6.24. The fraction of sp³-hybridized carbons (Fsp3) is 0. The number of fused-ring (bicyclic) bond motifs is 4. The van der Waals surface area contributed by atoms with Crippen molar-refractivity contribution in [2.24, 2.45) is 0 Å². The molecule has 46 heavy (non-hydrogen) atoms. The average Bonchev–Trinajstić information content (AvgIpc) is 3.18. The van der Waals surface area contributed by atoms with Crippen molar-refractivity contribution in [2.75, 3.05) is 0 Å². The zero-order valence-electron chi connectivity index (χ0n) is 29.9. The van der Waals surface area contributed by atoms with Crippen LogP contribution in [0.15, 0.2) is 182 Å². The first kappa shape index (κ1) is 21.7.